The van der Waals surface area contributed by atoms with Gasteiger partial charge in [0, 0.05) is 26.1 Å². The van der Waals surface area contributed by atoms with E-state index in [9.17, 15) is 4.79 Å². The number of carbonyl (C=O) groups is 1. The van der Waals surface area contributed by atoms with E-state index in [4.69, 9.17) is 0 Å². The number of hydrogen-bond acceptors (Lipinski definition) is 4. The highest BCUT2D eigenvalue weighted by Crippen LogP contribution is 2.42. The van der Waals surface area contributed by atoms with Crippen molar-refractivity contribution in [3.8, 4) is 0 Å². The summed E-state index contributed by atoms with van der Waals surface area (Å²) in [6.07, 6.45) is 9.31. The Hall–Kier alpha value is -1.43. The first-order chi connectivity index (χ1) is 12.0. The molecular weight excluding hydrogens is 314 g/mol. The lowest BCUT2D eigenvalue weighted by molar-refractivity contribution is -0.142. The highest BCUT2D eigenvalue weighted by atomic mass is 16.2. The molecule has 25 heavy (non-hydrogen) atoms. The van der Waals surface area contributed by atoms with Gasteiger partial charge < -0.3 is 4.90 Å². The standard InChI is InChI=1S/C19H31N5O/c1-15-20-17(22(2)21-15)13-23-11-9-19(10-12-23)8-7-18(25)24(14-19)16-5-3-4-6-16/h16H,3-14H2,1-2H3. The van der Waals surface area contributed by atoms with E-state index in [2.05, 4.69) is 19.9 Å². The maximum Gasteiger partial charge on any atom is 0.222 e. The van der Waals surface area contributed by atoms with Crippen LogP contribution in [0.1, 0.15) is 63.0 Å². The lowest BCUT2D eigenvalue weighted by Gasteiger charge is -2.49. The first-order valence-corrected chi connectivity index (χ1v) is 9.93. The van der Waals surface area contributed by atoms with E-state index in [-0.39, 0.29) is 0 Å². The summed E-state index contributed by atoms with van der Waals surface area (Å²) in [6.45, 7) is 6.06. The number of carbonyl (C=O) groups excluding carboxylic acids is 1. The van der Waals surface area contributed by atoms with Crippen molar-refractivity contribution in [2.24, 2.45) is 12.5 Å². The Morgan fingerprint density at radius 3 is 2.52 bits per heavy atom. The topological polar surface area (TPSA) is 54.3 Å². The molecule has 2 aliphatic heterocycles. The van der Waals surface area contributed by atoms with Gasteiger partial charge in [-0.2, -0.15) is 5.10 Å². The second kappa shape index (κ2) is 6.71. The average Bonchev–Trinajstić information content (AvgIpc) is 3.23. The van der Waals surface area contributed by atoms with Crippen LogP contribution < -0.4 is 0 Å². The maximum atomic E-state index is 12.5. The van der Waals surface area contributed by atoms with Gasteiger partial charge in [-0.15, -0.1) is 0 Å². The first-order valence-electron chi connectivity index (χ1n) is 9.93. The second-order valence-corrected chi connectivity index (χ2v) is 8.43. The number of aryl methyl sites for hydroxylation is 2. The van der Waals surface area contributed by atoms with E-state index in [1.165, 1.54) is 38.5 Å². The average molecular weight is 345 g/mol. The van der Waals surface area contributed by atoms with Crippen LogP contribution in [0.3, 0.4) is 0 Å². The van der Waals surface area contributed by atoms with Crippen molar-refractivity contribution in [1.82, 2.24) is 24.6 Å². The molecular formula is C19H31N5O. The number of hydrogen-bond donors (Lipinski definition) is 0. The zero-order chi connectivity index (χ0) is 17.4. The highest BCUT2D eigenvalue weighted by Gasteiger charge is 2.43. The SMILES string of the molecule is Cc1nc(CN2CCC3(CCC(=O)N(C4CCCC4)C3)CC2)n(C)n1. The molecule has 0 radical (unpaired) electrons. The summed E-state index contributed by atoms with van der Waals surface area (Å²) in [6, 6.07) is 0.532. The molecule has 2 saturated heterocycles. The first kappa shape index (κ1) is 17.0. The molecule has 3 heterocycles. The summed E-state index contributed by atoms with van der Waals surface area (Å²) >= 11 is 0. The highest BCUT2D eigenvalue weighted by molar-refractivity contribution is 5.77. The van der Waals surface area contributed by atoms with E-state index in [0.717, 1.165) is 50.7 Å². The van der Waals surface area contributed by atoms with Crippen LogP contribution in [0, 0.1) is 12.3 Å². The van der Waals surface area contributed by atoms with Crippen LogP contribution in [-0.2, 0) is 18.4 Å². The minimum Gasteiger partial charge on any atom is -0.339 e. The molecule has 3 fully saturated rings. The third-order valence-electron chi connectivity index (χ3n) is 6.70. The van der Waals surface area contributed by atoms with Gasteiger partial charge in [0.2, 0.25) is 5.91 Å². The third kappa shape index (κ3) is 3.46. The molecule has 0 N–H and O–H groups in total. The lowest BCUT2D eigenvalue weighted by atomic mass is 9.72. The van der Waals surface area contributed by atoms with Crippen molar-refractivity contribution in [2.45, 2.75) is 70.9 Å². The van der Waals surface area contributed by atoms with Gasteiger partial charge >= 0.3 is 0 Å². The van der Waals surface area contributed by atoms with Gasteiger partial charge in [-0.1, -0.05) is 12.8 Å². The van der Waals surface area contributed by atoms with Gasteiger partial charge in [0.25, 0.3) is 0 Å². The molecule has 0 atom stereocenters. The van der Waals surface area contributed by atoms with Gasteiger partial charge in [-0.25, -0.2) is 4.98 Å². The van der Waals surface area contributed by atoms with Crippen LogP contribution in [0.15, 0.2) is 0 Å². The summed E-state index contributed by atoms with van der Waals surface area (Å²) in [5.74, 6) is 2.32. The number of likely N-dealkylation sites (tertiary alicyclic amines) is 2. The molecule has 6 nitrogen and oxygen atoms in total. The Bertz CT molecular complexity index is 626. The molecule has 6 heteroatoms. The van der Waals surface area contributed by atoms with E-state index >= 15 is 0 Å². The molecule has 0 bridgehead atoms. The van der Waals surface area contributed by atoms with Crippen LogP contribution >= 0.6 is 0 Å². The zero-order valence-electron chi connectivity index (χ0n) is 15.7. The fourth-order valence-corrected chi connectivity index (χ4v) is 5.08. The molecule has 4 rings (SSSR count). The molecule has 138 valence electrons. The zero-order valence-corrected chi connectivity index (χ0v) is 15.7. The third-order valence-corrected chi connectivity index (χ3v) is 6.70. The Balaban J connectivity index is 1.37. The van der Waals surface area contributed by atoms with Crippen LogP contribution in [0.4, 0.5) is 0 Å². The van der Waals surface area contributed by atoms with Crippen molar-refractivity contribution >= 4 is 5.91 Å². The molecule has 1 aromatic rings. The summed E-state index contributed by atoms with van der Waals surface area (Å²) < 4.78 is 1.90. The summed E-state index contributed by atoms with van der Waals surface area (Å²) in [5.41, 5.74) is 0.364. The monoisotopic (exact) mass is 345 g/mol. The molecule has 0 aromatic carbocycles. The molecule has 1 aromatic heterocycles. The van der Waals surface area contributed by atoms with Crippen LogP contribution in [0.5, 0.6) is 0 Å². The molecule has 1 amide bonds. The van der Waals surface area contributed by atoms with Crippen LogP contribution in [-0.4, -0.2) is 56.1 Å². The van der Waals surface area contributed by atoms with E-state index in [1.807, 2.05) is 18.7 Å². The predicted octanol–water partition coefficient (Wildman–Crippen LogP) is 2.27. The van der Waals surface area contributed by atoms with Crippen molar-refractivity contribution in [1.29, 1.82) is 0 Å². The summed E-state index contributed by atoms with van der Waals surface area (Å²) in [5, 5.41) is 4.36. The fraction of sp³-hybridized carbons (Fsp3) is 0.842. The number of rotatable bonds is 3. The van der Waals surface area contributed by atoms with Gasteiger partial charge in [-0.3, -0.25) is 14.4 Å². The number of aromatic nitrogens is 3. The Morgan fingerprint density at radius 1 is 1.16 bits per heavy atom. The number of piperidine rings is 2. The van der Waals surface area contributed by atoms with Crippen molar-refractivity contribution in [2.75, 3.05) is 19.6 Å². The Labute approximate surface area is 150 Å². The Kier molecular flexibility index (Phi) is 4.56. The van der Waals surface area contributed by atoms with Gasteiger partial charge in [-0.05, 0) is 57.5 Å². The summed E-state index contributed by atoms with van der Waals surface area (Å²) in [4.78, 5) is 21.8. The Morgan fingerprint density at radius 2 is 1.88 bits per heavy atom. The van der Waals surface area contributed by atoms with Crippen molar-refractivity contribution in [3.63, 3.8) is 0 Å². The van der Waals surface area contributed by atoms with Gasteiger partial charge in [0.05, 0.1) is 6.54 Å². The molecule has 3 aliphatic rings. The summed E-state index contributed by atoms with van der Waals surface area (Å²) in [7, 11) is 1.98. The molecule has 1 saturated carbocycles. The van der Waals surface area contributed by atoms with Gasteiger partial charge in [0.15, 0.2) is 0 Å². The minimum absolute atomic E-state index is 0.364. The second-order valence-electron chi connectivity index (χ2n) is 8.43. The molecule has 1 spiro atoms. The largest absolute Gasteiger partial charge is 0.339 e. The number of nitrogens with zero attached hydrogens (tertiary/aromatic N) is 5. The number of amides is 1. The van der Waals surface area contributed by atoms with Crippen LogP contribution in [0.25, 0.3) is 0 Å². The van der Waals surface area contributed by atoms with Crippen LogP contribution in [0.2, 0.25) is 0 Å². The van der Waals surface area contributed by atoms with Crippen molar-refractivity contribution < 1.29 is 4.79 Å². The normalized spacial score (nSPS) is 25.2. The molecule has 0 unspecified atom stereocenters. The fourth-order valence-electron chi connectivity index (χ4n) is 5.08. The predicted molar refractivity (Wildman–Crippen MR) is 95.9 cm³/mol. The van der Waals surface area contributed by atoms with E-state index < -0.39 is 0 Å². The van der Waals surface area contributed by atoms with E-state index in [1.54, 1.807) is 0 Å². The maximum absolute atomic E-state index is 12.5. The van der Waals surface area contributed by atoms with E-state index in [0.29, 0.717) is 17.4 Å². The van der Waals surface area contributed by atoms with Crippen molar-refractivity contribution in [3.05, 3.63) is 11.6 Å². The minimum atomic E-state index is 0.364. The molecule has 1 aliphatic carbocycles. The smallest absolute Gasteiger partial charge is 0.222 e. The van der Waals surface area contributed by atoms with Gasteiger partial charge in [0.1, 0.15) is 11.6 Å². The lowest BCUT2D eigenvalue weighted by Crippen LogP contribution is -2.53. The quantitative estimate of drug-likeness (QED) is 0.843.